The van der Waals surface area contributed by atoms with Crippen LogP contribution in [0.25, 0.3) is 11.3 Å². The molecule has 0 aliphatic heterocycles. The number of rotatable bonds is 9. The molecule has 7 nitrogen and oxygen atoms in total. The van der Waals surface area contributed by atoms with Gasteiger partial charge >= 0.3 is 0 Å². The van der Waals surface area contributed by atoms with Crippen molar-refractivity contribution in [3.63, 3.8) is 0 Å². The monoisotopic (exact) mass is 465 g/mol. The van der Waals surface area contributed by atoms with Crippen LogP contribution in [0.15, 0.2) is 69.8 Å². The molecule has 0 saturated heterocycles. The fraction of sp³-hybridized carbons (Fsp3) is 0.250. The first-order valence-corrected chi connectivity index (χ1v) is 13.2. The summed E-state index contributed by atoms with van der Waals surface area (Å²) in [5.41, 5.74) is 1.76. The van der Waals surface area contributed by atoms with Crippen LogP contribution in [0.5, 0.6) is 0 Å². The summed E-state index contributed by atoms with van der Waals surface area (Å²) in [6.07, 6.45) is 0. The predicted molar refractivity (Wildman–Crippen MR) is 118 cm³/mol. The van der Waals surface area contributed by atoms with Crippen molar-refractivity contribution in [2.24, 2.45) is 0 Å². The van der Waals surface area contributed by atoms with Crippen molar-refractivity contribution in [3.05, 3.63) is 65.0 Å². The molecular weight excluding hydrogens is 442 g/mol. The van der Waals surface area contributed by atoms with Gasteiger partial charge in [0.15, 0.2) is 0 Å². The van der Waals surface area contributed by atoms with Crippen molar-refractivity contribution < 1.29 is 16.8 Å². The Morgan fingerprint density at radius 3 is 2.10 bits per heavy atom. The van der Waals surface area contributed by atoms with E-state index in [-0.39, 0.29) is 16.3 Å². The van der Waals surface area contributed by atoms with Gasteiger partial charge in [0, 0.05) is 24.0 Å². The number of nitrogens with one attached hydrogen (secondary N) is 1. The topological polar surface area (TPSA) is 96.4 Å². The highest BCUT2D eigenvalue weighted by atomic mass is 32.2. The van der Waals surface area contributed by atoms with E-state index < -0.39 is 20.0 Å². The van der Waals surface area contributed by atoms with Crippen LogP contribution in [-0.4, -0.2) is 39.2 Å². The molecule has 2 aromatic carbocycles. The van der Waals surface area contributed by atoms with Crippen LogP contribution < -0.4 is 4.72 Å². The van der Waals surface area contributed by atoms with Crippen LogP contribution in [0.3, 0.4) is 0 Å². The van der Waals surface area contributed by atoms with Crippen LogP contribution in [0.1, 0.15) is 18.9 Å². The molecule has 0 radical (unpaired) electrons. The van der Waals surface area contributed by atoms with Gasteiger partial charge in [0.1, 0.15) is 5.01 Å². The third-order valence-corrected chi connectivity index (χ3v) is 8.84. The third-order valence-electron chi connectivity index (χ3n) is 4.51. The van der Waals surface area contributed by atoms with Gasteiger partial charge in [-0.3, -0.25) is 0 Å². The smallest absolute Gasteiger partial charge is 0.240 e. The summed E-state index contributed by atoms with van der Waals surface area (Å²) in [4.78, 5) is 4.54. The van der Waals surface area contributed by atoms with E-state index in [0.29, 0.717) is 18.1 Å². The van der Waals surface area contributed by atoms with Crippen molar-refractivity contribution in [2.45, 2.75) is 30.2 Å². The predicted octanol–water partition coefficient (Wildman–Crippen LogP) is 3.32. The Morgan fingerprint density at radius 1 is 0.900 bits per heavy atom. The first-order chi connectivity index (χ1) is 14.3. The number of benzene rings is 2. The molecule has 0 fully saturated rings. The van der Waals surface area contributed by atoms with E-state index in [1.54, 1.807) is 13.8 Å². The average Bonchev–Trinajstić information content (AvgIpc) is 3.23. The zero-order valence-corrected chi connectivity index (χ0v) is 19.1. The van der Waals surface area contributed by atoms with E-state index >= 15 is 0 Å². The normalized spacial score (nSPS) is 12.4. The quantitative estimate of drug-likeness (QED) is 0.523. The van der Waals surface area contributed by atoms with Crippen LogP contribution in [0.4, 0.5) is 0 Å². The number of nitrogens with zero attached hydrogens (tertiary/aromatic N) is 2. The summed E-state index contributed by atoms with van der Waals surface area (Å²) in [5.74, 6) is 0. The van der Waals surface area contributed by atoms with Gasteiger partial charge in [-0.25, -0.2) is 26.5 Å². The minimum atomic E-state index is -3.80. The maximum absolute atomic E-state index is 12.6. The largest absolute Gasteiger partial charge is 0.243 e. The molecule has 0 saturated carbocycles. The fourth-order valence-electron chi connectivity index (χ4n) is 2.88. The van der Waals surface area contributed by atoms with Gasteiger partial charge in [0.2, 0.25) is 20.0 Å². The van der Waals surface area contributed by atoms with Crippen LogP contribution in [0.2, 0.25) is 0 Å². The lowest BCUT2D eigenvalue weighted by molar-refractivity contribution is 0.445. The fourth-order valence-corrected chi connectivity index (χ4v) is 6.16. The molecule has 0 aliphatic rings. The van der Waals surface area contributed by atoms with Crippen LogP contribution in [0, 0.1) is 0 Å². The number of thiazole rings is 1. The van der Waals surface area contributed by atoms with E-state index in [4.69, 9.17) is 0 Å². The van der Waals surface area contributed by atoms with Crippen molar-refractivity contribution >= 4 is 31.4 Å². The highest BCUT2D eigenvalue weighted by Crippen LogP contribution is 2.22. The summed E-state index contributed by atoms with van der Waals surface area (Å²) in [6, 6.07) is 14.9. The van der Waals surface area contributed by atoms with E-state index in [9.17, 15) is 16.8 Å². The number of hydrogen-bond donors (Lipinski definition) is 1. The minimum absolute atomic E-state index is 0.000774. The summed E-state index contributed by atoms with van der Waals surface area (Å²) >= 11 is 1.37. The number of aromatic nitrogens is 1. The second-order valence-corrected chi connectivity index (χ2v) is 11.0. The van der Waals surface area contributed by atoms with E-state index in [2.05, 4.69) is 9.71 Å². The van der Waals surface area contributed by atoms with Crippen LogP contribution in [-0.2, 0) is 26.6 Å². The highest BCUT2D eigenvalue weighted by molar-refractivity contribution is 7.89. The lowest BCUT2D eigenvalue weighted by Gasteiger charge is -2.18. The SMILES string of the molecule is CCN(CC)S(=O)(=O)c1ccc(S(=O)(=O)NCc2nc(-c3ccccc3)cs2)cc1. The molecule has 3 rings (SSSR count). The van der Waals surface area contributed by atoms with Crippen molar-refractivity contribution in [1.82, 2.24) is 14.0 Å². The van der Waals surface area contributed by atoms with Gasteiger partial charge in [0.05, 0.1) is 22.0 Å². The maximum atomic E-state index is 12.6. The Labute approximate surface area is 181 Å². The van der Waals surface area contributed by atoms with Crippen molar-refractivity contribution in [3.8, 4) is 11.3 Å². The Balaban J connectivity index is 1.71. The first kappa shape index (κ1) is 22.6. The Morgan fingerprint density at radius 2 is 1.50 bits per heavy atom. The standard InChI is InChI=1S/C20H23N3O4S3/c1-3-23(4-2)30(26,27)18-12-10-17(11-13-18)29(24,25)21-14-20-22-19(15-28-20)16-8-6-5-7-9-16/h5-13,15,21H,3-4,14H2,1-2H3. The van der Waals surface area contributed by atoms with Gasteiger partial charge in [-0.2, -0.15) is 4.31 Å². The lowest BCUT2D eigenvalue weighted by Crippen LogP contribution is -2.30. The summed E-state index contributed by atoms with van der Waals surface area (Å²) in [5, 5.41) is 2.52. The van der Waals surface area contributed by atoms with Gasteiger partial charge in [-0.05, 0) is 24.3 Å². The molecular formula is C20H23N3O4S3. The zero-order chi connectivity index (χ0) is 21.8. The molecule has 0 amide bonds. The molecule has 1 aromatic heterocycles. The molecule has 0 atom stereocenters. The molecule has 30 heavy (non-hydrogen) atoms. The Hall–Kier alpha value is -2.11. The van der Waals surface area contributed by atoms with Crippen molar-refractivity contribution in [2.75, 3.05) is 13.1 Å². The van der Waals surface area contributed by atoms with Gasteiger partial charge < -0.3 is 0 Å². The molecule has 10 heteroatoms. The van der Waals surface area contributed by atoms with Crippen molar-refractivity contribution in [1.29, 1.82) is 0 Å². The zero-order valence-electron chi connectivity index (χ0n) is 16.6. The number of sulfonamides is 2. The molecule has 1 N–H and O–H groups in total. The second kappa shape index (κ2) is 9.36. The van der Waals surface area contributed by atoms with Gasteiger partial charge in [-0.1, -0.05) is 44.2 Å². The molecule has 3 aromatic rings. The number of hydrogen-bond acceptors (Lipinski definition) is 6. The van der Waals surface area contributed by atoms with E-state index in [1.165, 1.54) is 39.9 Å². The van der Waals surface area contributed by atoms with Crippen LogP contribution >= 0.6 is 11.3 Å². The Bertz CT molecular complexity index is 1190. The van der Waals surface area contributed by atoms with E-state index in [1.807, 2.05) is 35.7 Å². The summed E-state index contributed by atoms with van der Waals surface area (Å²) in [7, 11) is -7.43. The molecule has 0 spiro atoms. The van der Waals surface area contributed by atoms with Gasteiger partial charge in [0.25, 0.3) is 0 Å². The Kier molecular flexibility index (Phi) is 7.04. The van der Waals surface area contributed by atoms with E-state index in [0.717, 1.165) is 11.3 Å². The lowest BCUT2D eigenvalue weighted by atomic mass is 10.2. The summed E-state index contributed by atoms with van der Waals surface area (Å²) < 4.78 is 54.1. The maximum Gasteiger partial charge on any atom is 0.243 e. The molecule has 0 bridgehead atoms. The first-order valence-electron chi connectivity index (χ1n) is 9.37. The molecule has 0 aliphatic carbocycles. The molecule has 1 heterocycles. The molecule has 160 valence electrons. The minimum Gasteiger partial charge on any atom is -0.240 e. The molecule has 0 unspecified atom stereocenters. The highest BCUT2D eigenvalue weighted by Gasteiger charge is 2.23. The summed E-state index contributed by atoms with van der Waals surface area (Å²) in [6.45, 7) is 4.26. The average molecular weight is 466 g/mol. The van der Waals surface area contributed by atoms with Gasteiger partial charge in [-0.15, -0.1) is 11.3 Å². The third kappa shape index (κ3) is 4.96. The second-order valence-electron chi connectivity index (χ2n) is 6.38.